The number of carbonyl (C=O) groups is 2. The quantitative estimate of drug-likeness (QED) is 0.300. The monoisotopic (exact) mass is 561 g/mol. The van der Waals surface area contributed by atoms with Gasteiger partial charge in [0, 0.05) is 30.4 Å². The number of aromatic nitrogens is 2. The van der Waals surface area contributed by atoms with Crippen molar-refractivity contribution in [2.45, 2.75) is 71.1 Å². The minimum atomic E-state index is -1.23. The second-order valence-corrected chi connectivity index (χ2v) is 10.3. The van der Waals surface area contributed by atoms with E-state index in [4.69, 9.17) is 5.11 Å². The summed E-state index contributed by atoms with van der Waals surface area (Å²) in [5, 5.41) is 33.8. The molecule has 3 rings (SSSR count). The van der Waals surface area contributed by atoms with Crippen LogP contribution in [-0.2, 0) is 17.8 Å². The van der Waals surface area contributed by atoms with Crippen molar-refractivity contribution in [2.75, 3.05) is 7.05 Å². The van der Waals surface area contributed by atoms with Crippen molar-refractivity contribution in [2.24, 2.45) is 0 Å². The van der Waals surface area contributed by atoms with Gasteiger partial charge in [0.15, 0.2) is 17.3 Å². The van der Waals surface area contributed by atoms with Gasteiger partial charge in [-0.1, -0.05) is 26.0 Å². The van der Waals surface area contributed by atoms with Gasteiger partial charge in [0.25, 0.3) is 5.91 Å². The van der Waals surface area contributed by atoms with E-state index in [1.54, 1.807) is 0 Å². The molecule has 0 bridgehead atoms. The summed E-state index contributed by atoms with van der Waals surface area (Å²) in [6, 6.07) is 8.33. The van der Waals surface area contributed by atoms with E-state index in [0.717, 1.165) is 0 Å². The lowest BCUT2D eigenvalue weighted by molar-refractivity contribution is -0.139. The average molecular weight is 562 g/mol. The molecule has 3 aromatic rings. The predicted molar refractivity (Wildman–Crippen MR) is 142 cm³/mol. The van der Waals surface area contributed by atoms with E-state index >= 15 is 0 Å². The Kier molecular flexibility index (Phi) is 10.1. The van der Waals surface area contributed by atoms with Crippen LogP contribution in [0.15, 0.2) is 36.4 Å². The van der Waals surface area contributed by atoms with Crippen LogP contribution in [0.1, 0.15) is 71.9 Å². The standard InChI is InChI=1S/C29H34F3N3O5/c1-16(2)25-23(12-11-21(36)13-22(37)14-24(38)39)35(20-9-7-19(30)8-10-20)33-28(25)29(40)34(4)15-18-6-5-17(3)26(31)27(18)32/h5-10,16,21-22,36-37H,11-15H2,1-4H3,(H,38,39)/t21-,22-/m1/s1. The van der Waals surface area contributed by atoms with Gasteiger partial charge >= 0.3 is 5.97 Å². The molecule has 0 unspecified atom stereocenters. The van der Waals surface area contributed by atoms with Crippen molar-refractivity contribution >= 4 is 11.9 Å². The van der Waals surface area contributed by atoms with Crippen LogP contribution in [0.5, 0.6) is 0 Å². The van der Waals surface area contributed by atoms with Gasteiger partial charge in [0.05, 0.1) is 24.3 Å². The van der Waals surface area contributed by atoms with E-state index in [2.05, 4.69) is 5.10 Å². The van der Waals surface area contributed by atoms with Gasteiger partial charge in [-0.25, -0.2) is 17.9 Å². The number of rotatable bonds is 12. The van der Waals surface area contributed by atoms with E-state index in [1.165, 1.54) is 60.0 Å². The van der Waals surface area contributed by atoms with Gasteiger partial charge in [0.1, 0.15) is 5.82 Å². The molecule has 40 heavy (non-hydrogen) atoms. The fourth-order valence-electron chi connectivity index (χ4n) is 4.60. The van der Waals surface area contributed by atoms with Crippen molar-refractivity contribution in [1.29, 1.82) is 0 Å². The number of aliphatic hydroxyl groups is 2. The molecule has 2 aromatic carbocycles. The van der Waals surface area contributed by atoms with Crippen molar-refractivity contribution in [3.05, 3.63) is 81.9 Å². The van der Waals surface area contributed by atoms with E-state index in [9.17, 15) is 33.0 Å². The summed E-state index contributed by atoms with van der Waals surface area (Å²) in [5.41, 5.74) is 1.83. The maximum absolute atomic E-state index is 14.5. The van der Waals surface area contributed by atoms with Crippen molar-refractivity contribution < 1.29 is 38.1 Å². The number of halogens is 3. The van der Waals surface area contributed by atoms with E-state index in [-0.39, 0.29) is 48.5 Å². The van der Waals surface area contributed by atoms with Crippen LogP contribution in [0.3, 0.4) is 0 Å². The largest absolute Gasteiger partial charge is 0.481 e. The maximum atomic E-state index is 14.5. The first-order valence-corrected chi connectivity index (χ1v) is 12.9. The number of hydrogen-bond donors (Lipinski definition) is 3. The molecule has 216 valence electrons. The molecule has 0 spiro atoms. The highest BCUT2D eigenvalue weighted by atomic mass is 19.2. The van der Waals surface area contributed by atoms with Crippen LogP contribution >= 0.6 is 0 Å². The predicted octanol–water partition coefficient (Wildman–Crippen LogP) is 4.51. The van der Waals surface area contributed by atoms with Crippen molar-refractivity contribution in [1.82, 2.24) is 14.7 Å². The Hall–Kier alpha value is -3.70. The zero-order valence-electron chi connectivity index (χ0n) is 22.9. The highest BCUT2D eigenvalue weighted by Gasteiger charge is 2.29. The molecule has 11 heteroatoms. The van der Waals surface area contributed by atoms with Crippen LogP contribution in [0, 0.1) is 24.4 Å². The number of carbonyl (C=O) groups excluding carboxylic acids is 1. The fourth-order valence-corrected chi connectivity index (χ4v) is 4.60. The third-order valence-electron chi connectivity index (χ3n) is 6.65. The number of hydrogen-bond acceptors (Lipinski definition) is 5. The first-order valence-electron chi connectivity index (χ1n) is 12.9. The number of nitrogens with zero attached hydrogens (tertiary/aromatic N) is 3. The highest BCUT2D eigenvalue weighted by molar-refractivity contribution is 5.94. The minimum Gasteiger partial charge on any atom is -0.481 e. The molecule has 2 atom stereocenters. The summed E-state index contributed by atoms with van der Waals surface area (Å²) in [6.45, 7) is 4.94. The van der Waals surface area contributed by atoms with Gasteiger partial charge < -0.3 is 20.2 Å². The zero-order chi connectivity index (χ0) is 29.7. The molecule has 3 N–H and O–H groups in total. The van der Waals surface area contributed by atoms with Gasteiger partial charge in [-0.05, 0) is 61.9 Å². The molecular formula is C29H34F3N3O5. The van der Waals surface area contributed by atoms with Crippen molar-refractivity contribution in [3.63, 3.8) is 0 Å². The number of benzene rings is 2. The average Bonchev–Trinajstić information content (AvgIpc) is 3.27. The summed E-state index contributed by atoms with van der Waals surface area (Å²) in [7, 11) is 1.45. The molecule has 0 aliphatic rings. The van der Waals surface area contributed by atoms with Gasteiger partial charge in [-0.15, -0.1) is 0 Å². The molecule has 0 radical (unpaired) electrons. The Morgan fingerprint density at radius 3 is 2.25 bits per heavy atom. The third-order valence-corrected chi connectivity index (χ3v) is 6.65. The second-order valence-electron chi connectivity index (χ2n) is 10.3. The number of aryl methyl sites for hydroxylation is 1. The molecule has 1 amide bonds. The van der Waals surface area contributed by atoms with Crippen LogP contribution in [-0.4, -0.2) is 61.1 Å². The van der Waals surface area contributed by atoms with E-state index in [0.29, 0.717) is 16.9 Å². The summed E-state index contributed by atoms with van der Waals surface area (Å²) in [6.07, 6.45) is -2.59. The lowest BCUT2D eigenvalue weighted by atomic mass is 9.95. The van der Waals surface area contributed by atoms with Crippen LogP contribution in [0.25, 0.3) is 5.69 Å². The SMILES string of the molecule is Cc1ccc(CN(C)C(=O)c2nn(-c3ccc(F)cc3)c(CC[C@@H](O)C[C@@H](O)CC(=O)O)c2C(C)C)c(F)c1F. The van der Waals surface area contributed by atoms with Gasteiger partial charge in [-0.3, -0.25) is 9.59 Å². The Labute approximate surface area is 230 Å². The van der Waals surface area contributed by atoms with Crippen LogP contribution < -0.4 is 0 Å². The summed E-state index contributed by atoms with van der Waals surface area (Å²) in [5.74, 6) is -4.41. The smallest absolute Gasteiger partial charge is 0.305 e. The molecule has 0 saturated carbocycles. The summed E-state index contributed by atoms with van der Waals surface area (Å²) < 4.78 is 43.8. The third kappa shape index (κ3) is 7.28. The second kappa shape index (κ2) is 13.1. The summed E-state index contributed by atoms with van der Waals surface area (Å²) in [4.78, 5) is 25.7. The highest BCUT2D eigenvalue weighted by Crippen LogP contribution is 2.30. The zero-order valence-corrected chi connectivity index (χ0v) is 22.9. The Morgan fingerprint density at radius 2 is 1.65 bits per heavy atom. The van der Waals surface area contributed by atoms with Crippen LogP contribution in [0.4, 0.5) is 13.2 Å². The van der Waals surface area contributed by atoms with E-state index < -0.39 is 48.0 Å². The number of amides is 1. The lowest BCUT2D eigenvalue weighted by Gasteiger charge is -2.19. The molecule has 1 aromatic heterocycles. The number of carboxylic acids is 1. The molecule has 0 fully saturated rings. The number of carboxylic acid groups (broad SMARTS) is 1. The number of aliphatic carboxylic acids is 1. The van der Waals surface area contributed by atoms with Gasteiger partial charge in [-0.2, -0.15) is 5.10 Å². The first kappa shape index (κ1) is 30.8. The lowest BCUT2D eigenvalue weighted by Crippen LogP contribution is -2.28. The molecule has 1 heterocycles. The summed E-state index contributed by atoms with van der Waals surface area (Å²) >= 11 is 0. The molecular weight excluding hydrogens is 527 g/mol. The Balaban J connectivity index is 1.98. The Morgan fingerprint density at radius 1 is 1.00 bits per heavy atom. The normalized spacial score (nSPS) is 12.9. The molecule has 0 aliphatic heterocycles. The molecule has 0 aliphatic carbocycles. The van der Waals surface area contributed by atoms with Crippen LogP contribution in [0.2, 0.25) is 0 Å². The Bertz CT molecular complexity index is 1360. The van der Waals surface area contributed by atoms with E-state index in [1.807, 2.05) is 13.8 Å². The number of aliphatic hydroxyl groups excluding tert-OH is 2. The fraction of sp³-hybridized carbons (Fsp3) is 0.414. The topological polar surface area (TPSA) is 116 Å². The van der Waals surface area contributed by atoms with Gasteiger partial charge in [0.2, 0.25) is 0 Å². The first-order chi connectivity index (χ1) is 18.8. The van der Waals surface area contributed by atoms with Crippen molar-refractivity contribution in [3.8, 4) is 5.69 Å². The maximum Gasteiger partial charge on any atom is 0.305 e. The molecule has 8 nitrogen and oxygen atoms in total. The molecule has 0 saturated heterocycles. The minimum absolute atomic E-state index is 0.00581.